The fourth-order valence-corrected chi connectivity index (χ4v) is 3.04. The maximum Gasteiger partial charge on any atom is 0.255 e. The summed E-state index contributed by atoms with van der Waals surface area (Å²) in [4.78, 5) is 18.9. The first kappa shape index (κ1) is 22.2. The number of amides is 1. The number of likely N-dealkylation sites (tertiary alicyclic amines) is 1. The molecule has 2 aromatic rings. The Morgan fingerprint density at radius 1 is 1.23 bits per heavy atom. The molecule has 0 radical (unpaired) electrons. The molecule has 1 aliphatic rings. The van der Waals surface area contributed by atoms with Gasteiger partial charge in [0.15, 0.2) is 0 Å². The minimum Gasteiger partial charge on any atom is -0.497 e. The Morgan fingerprint density at radius 3 is 2.50 bits per heavy atom. The number of carbonyl (C=O) groups is 1. The zero-order chi connectivity index (χ0) is 17.2. The number of nitrogens with two attached hydrogens (primary N) is 1. The molecule has 1 saturated heterocycles. The molecule has 1 fully saturated rings. The van der Waals surface area contributed by atoms with Gasteiger partial charge in [0.25, 0.3) is 5.91 Å². The molecule has 7 heteroatoms. The van der Waals surface area contributed by atoms with Crippen molar-refractivity contribution in [2.75, 3.05) is 26.7 Å². The number of benzene rings is 1. The highest BCUT2D eigenvalue weighted by Gasteiger charge is 2.35. The van der Waals surface area contributed by atoms with Gasteiger partial charge >= 0.3 is 0 Å². The molecule has 1 amide bonds. The van der Waals surface area contributed by atoms with E-state index in [1.807, 2.05) is 35.2 Å². The van der Waals surface area contributed by atoms with Crippen molar-refractivity contribution < 1.29 is 9.53 Å². The standard InChI is InChI=1S/C19H23N3O2.2ClH/c1-19(12-20)7-8-22(13-19)18(23)16-9-15(10-21-11-16)14-3-5-17(24-2)6-4-14;;/h3-6,9-11H,7-8,12-13,20H2,1-2H3;2*1H. The van der Waals surface area contributed by atoms with Crippen molar-refractivity contribution in [2.24, 2.45) is 11.1 Å². The zero-order valence-electron chi connectivity index (χ0n) is 15.0. The molecule has 26 heavy (non-hydrogen) atoms. The van der Waals surface area contributed by atoms with Crippen molar-refractivity contribution in [3.8, 4) is 16.9 Å². The van der Waals surface area contributed by atoms with Crippen LogP contribution in [0.1, 0.15) is 23.7 Å². The molecule has 1 aromatic heterocycles. The smallest absolute Gasteiger partial charge is 0.255 e. The number of carbonyl (C=O) groups excluding carboxylic acids is 1. The number of nitrogens with zero attached hydrogens (tertiary/aromatic N) is 2. The predicted molar refractivity (Wildman–Crippen MR) is 108 cm³/mol. The number of halogens is 2. The number of methoxy groups -OCH3 is 1. The lowest BCUT2D eigenvalue weighted by molar-refractivity contribution is 0.0776. The molecular formula is C19H25Cl2N3O2. The molecule has 0 aliphatic carbocycles. The predicted octanol–water partition coefficient (Wildman–Crippen LogP) is 3.41. The fraction of sp³-hybridized carbons (Fsp3) is 0.368. The Kier molecular flexibility index (Phi) is 7.87. The number of hydrogen-bond acceptors (Lipinski definition) is 4. The van der Waals surface area contributed by atoms with Gasteiger partial charge in [-0.3, -0.25) is 9.78 Å². The fourth-order valence-electron chi connectivity index (χ4n) is 3.04. The third-order valence-corrected chi connectivity index (χ3v) is 4.75. The SMILES string of the molecule is COc1ccc(-c2cncc(C(=O)N3CCC(C)(CN)C3)c2)cc1.Cl.Cl. The van der Waals surface area contributed by atoms with Crippen LogP contribution in [-0.4, -0.2) is 42.5 Å². The first-order chi connectivity index (χ1) is 11.5. The molecule has 3 rings (SSSR count). The summed E-state index contributed by atoms with van der Waals surface area (Å²) in [6, 6.07) is 9.63. The van der Waals surface area contributed by atoms with E-state index in [2.05, 4.69) is 11.9 Å². The summed E-state index contributed by atoms with van der Waals surface area (Å²) in [6.45, 7) is 4.18. The van der Waals surface area contributed by atoms with Crippen LogP contribution in [0.25, 0.3) is 11.1 Å². The number of aromatic nitrogens is 1. The maximum atomic E-state index is 12.8. The minimum atomic E-state index is 0. The van der Waals surface area contributed by atoms with Crippen molar-refractivity contribution in [1.82, 2.24) is 9.88 Å². The van der Waals surface area contributed by atoms with Gasteiger partial charge in [0.2, 0.25) is 0 Å². The van der Waals surface area contributed by atoms with E-state index < -0.39 is 0 Å². The average molecular weight is 398 g/mol. The highest BCUT2D eigenvalue weighted by Crippen LogP contribution is 2.30. The van der Waals surface area contributed by atoms with Crippen LogP contribution in [0.15, 0.2) is 42.7 Å². The van der Waals surface area contributed by atoms with Crippen LogP contribution in [0.3, 0.4) is 0 Å². The molecule has 1 atom stereocenters. The summed E-state index contributed by atoms with van der Waals surface area (Å²) in [5.41, 5.74) is 8.40. The minimum absolute atomic E-state index is 0. The molecular weight excluding hydrogens is 373 g/mol. The van der Waals surface area contributed by atoms with E-state index in [1.165, 1.54) is 0 Å². The average Bonchev–Trinajstić information content (AvgIpc) is 3.04. The van der Waals surface area contributed by atoms with E-state index in [1.54, 1.807) is 19.5 Å². The Balaban J connectivity index is 0.00000169. The molecule has 0 saturated carbocycles. The molecule has 0 bridgehead atoms. The summed E-state index contributed by atoms with van der Waals surface area (Å²) in [5.74, 6) is 0.826. The molecule has 1 aromatic carbocycles. The van der Waals surface area contributed by atoms with Gasteiger partial charge in [-0.05, 0) is 42.1 Å². The van der Waals surface area contributed by atoms with Gasteiger partial charge in [-0.2, -0.15) is 0 Å². The highest BCUT2D eigenvalue weighted by atomic mass is 35.5. The molecule has 2 heterocycles. The Labute approximate surface area is 166 Å². The second kappa shape index (κ2) is 9.21. The van der Waals surface area contributed by atoms with E-state index in [-0.39, 0.29) is 36.1 Å². The van der Waals surface area contributed by atoms with Gasteiger partial charge in [-0.25, -0.2) is 0 Å². The van der Waals surface area contributed by atoms with E-state index >= 15 is 0 Å². The monoisotopic (exact) mass is 397 g/mol. The van der Waals surface area contributed by atoms with Crippen LogP contribution in [0.5, 0.6) is 5.75 Å². The van der Waals surface area contributed by atoms with Crippen LogP contribution in [-0.2, 0) is 0 Å². The molecule has 2 N–H and O–H groups in total. The van der Waals surface area contributed by atoms with E-state index in [9.17, 15) is 4.79 Å². The van der Waals surface area contributed by atoms with E-state index in [0.717, 1.165) is 29.8 Å². The number of ether oxygens (including phenoxy) is 1. The normalized spacial score (nSPS) is 18.7. The van der Waals surface area contributed by atoms with Gasteiger partial charge in [0.1, 0.15) is 5.75 Å². The van der Waals surface area contributed by atoms with Crippen LogP contribution < -0.4 is 10.5 Å². The van der Waals surface area contributed by atoms with Crippen LogP contribution in [0, 0.1) is 5.41 Å². The number of rotatable bonds is 4. The molecule has 0 spiro atoms. The second-order valence-corrected chi connectivity index (χ2v) is 6.68. The third kappa shape index (κ3) is 4.67. The highest BCUT2D eigenvalue weighted by molar-refractivity contribution is 5.95. The molecule has 1 aliphatic heterocycles. The van der Waals surface area contributed by atoms with E-state index in [4.69, 9.17) is 10.5 Å². The summed E-state index contributed by atoms with van der Waals surface area (Å²) in [7, 11) is 1.64. The lowest BCUT2D eigenvalue weighted by Crippen LogP contribution is -2.34. The van der Waals surface area contributed by atoms with Crippen molar-refractivity contribution in [2.45, 2.75) is 13.3 Å². The topological polar surface area (TPSA) is 68.5 Å². The van der Waals surface area contributed by atoms with Crippen LogP contribution >= 0.6 is 24.8 Å². The lowest BCUT2D eigenvalue weighted by atomic mass is 9.90. The quantitative estimate of drug-likeness (QED) is 0.857. The van der Waals surface area contributed by atoms with Crippen molar-refractivity contribution in [3.05, 3.63) is 48.3 Å². The van der Waals surface area contributed by atoms with Gasteiger partial charge in [0, 0.05) is 31.0 Å². The molecule has 142 valence electrons. The van der Waals surface area contributed by atoms with Gasteiger partial charge in [-0.1, -0.05) is 19.1 Å². The first-order valence-electron chi connectivity index (χ1n) is 8.13. The van der Waals surface area contributed by atoms with Crippen molar-refractivity contribution in [3.63, 3.8) is 0 Å². The zero-order valence-corrected chi connectivity index (χ0v) is 16.6. The Hall–Kier alpha value is -1.82. The summed E-state index contributed by atoms with van der Waals surface area (Å²) >= 11 is 0. The van der Waals surface area contributed by atoms with Gasteiger partial charge < -0.3 is 15.4 Å². The number of hydrogen-bond donors (Lipinski definition) is 1. The third-order valence-electron chi connectivity index (χ3n) is 4.75. The summed E-state index contributed by atoms with van der Waals surface area (Å²) in [6.07, 6.45) is 4.35. The largest absolute Gasteiger partial charge is 0.497 e. The van der Waals surface area contributed by atoms with Crippen LogP contribution in [0.2, 0.25) is 0 Å². The number of pyridine rings is 1. The first-order valence-corrected chi connectivity index (χ1v) is 8.13. The lowest BCUT2D eigenvalue weighted by Gasteiger charge is -2.22. The van der Waals surface area contributed by atoms with Gasteiger partial charge in [-0.15, -0.1) is 24.8 Å². The van der Waals surface area contributed by atoms with Crippen LogP contribution in [0.4, 0.5) is 0 Å². The molecule has 5 nitrogen and oxygen atoms in total. The van der Waals surface area contributed by atoms with Crippen molar-refractivity contribution >= 4 is 30.7 Å². The molecule has 1 unspecified atom stereocenters. The van der Waals surface area contributed by atoms with Gasteiger partial charge in [0.05, 0.1) is 12.7 Å². The summed E-state index contributed by atoms with van der Waals surface area (Å²) in [5, 5.41) is 0. The Bertz CT molecular complexity index is 740. The second-order valence-electron chi connectivity index (χ2n) is 6.68. The van der Waals surface area contributed by atoms with Crippen molar-refractivity contribution in [1.29, 1.82) is 0 Å². The summed E-state index contributed by atoms with van der Waals surface area (Å²) < 4.78 is 5.18. The Morgan fingerprint density at radius 2 is 1.92 bits per heavy atom. The maximum absolute atomic E-state index is 12.8. The van der Waals surface area contributed by atoms with E-state index in [0.29, 0.717) is 18.7 Å².